The van der Waals surface area contributed by atoms with Gasteiger partial charge in [0.15, 0.2) is 0 Å². The van der Waals surface area contributed by atoms with E-state index >= 15 is 0 Å². The molecule has 1 fully saturated rings. The minimum Gasteiger partial charge on any atom is -0.487 e. The first-order valence-electron chi connectivity index (χ1n) is 8.07. The van der Waals surface area contributed by atoms with E-state index in [0.717, 1.165) is 30.6 Å². The predicted molar refractivity (Wildman–Crippen MR) is 86.0 cm³/mol. The molecule has 0 saturated heterocycles. The molecule has 0 radical (unpaired) electrons. The molecule has 0 bridgehead atoms. The Morgan fingerprint density at radius 1 is 1.14 bits per heavy atom. The van der Waals surface area contributed by atoms with E-state index in [2.05, 4.69) is 33.5 Å². The van der Waals surface area contributed by atoms with Crippen molar-refractivity contribution < 1.29 is 4.74 Å². The zero-order valence-corrected chi connectivity index (χ0v) is 12.9. The first-order chi connectivity index (χ1) is 10.7. The Bertz CT molecular complexity index is 662. The van der Waals surface area contributed by atoms with Crippen molar-refractivity contribution in [2.24, 2.45) is 0 Å². The Hall–Kier alpha value is -2.10. The smallest absolute Gasteiger partial charge is 0.223 e. The van der Waals surface area contributed by atoms with Crippen LogP contribution in [0.1, 0.15) is 49.3 Å². The van der Waals surface area contributed by atoms with Gasteiger partial charge in [-0.05, 0) is 44.2 Å². The molecule has 1 aromatic carbocycles. The van der Waals surface area contributed by atoms with Crippen molar-refractivity contribution >= 4 is 5.95 Å². The van der Waals surface area contributed by atoms with Crippen LogP contribution < -0.4 is 10.1 Å². The van der Waals surface area contributed by atoms with Crippen molar-refractivity contribution in [2.75, 3.05) is 5.32 Å². The van der Waals surface area contributed by atoms with E-state index in [4.69, 9.17) is 4.74 Å². The van der Waals surface area contributed by atoms with Gasteiger partial charge in [0.2, 0.25) is 5.95 Å². The van der Waals surface area contributed by atoms with Crippen LogP contribution in [0.5, 0.6) is 5.75 Å². The number of ether oxygens (including phenoxy) is 1. The molecular formula is C18H21N3O. The van der Waals surface area contributed by atoms with Gasteiger partial charge in [0.05, 0.1) is 6.04 Å². The molecule has 2 aliphatic rings. The summed E-state index contributed by atoms with van der Waals surface area (Å²) in [4.78, 5) is 8.79. The highest BCUT2D eigenvalue weighted by Gasteiger charge is 2.43. The molecule has 4 heteroatoms. The highest BCUT2D eigenvalue weighted by Crippen LogP contribution is 2.47. The third kappa shape index (κ3) is 2.43. The molecule has 1 N–H and O–H groups in total. The summed E-state index contributed by atoms with van der Waals surface area (Å²) in [6.45, 7) is 2.00. The number of aryl methyl sites for hydroxylation is 1. The van der Waals surface area contributed by atoms with E-state index < -0.39 is 0 Å². The third-order valence-corrected chi connectivity index (χ3v) is 4.80. The fraction of sp³-hybridized carbons (Fsp3) is 0.444. The summed E-state index contributed by atoms with van der Waals surface area (Å²) in [5, 5.41) is 3.51. The molecule has 1 spiro atoms. The maximum Gasteiger partial charge on any atom is 0.223 e. The van der Waals surface area contributed by atoms with Crippen molar-refractivity contribution in [1.82, 2.24) is 9.97 Å². The highest BCUT2D eigenvalue weighted by atomic mass is 16.5. The molecule has 4 nitrogen and oxygen atoms in total. The van der Waals surface area contributed by atoms with Crippen LogP contribution in [-0.4, -0.2) is 15.6 Å². The number of para-hydroxylation sites is 1. The van der Waals surface area contributed by atoms with Crippen LogP contribution in [0.25, 0.3) is 0 Å². The van der Waals surface area contributed by atoms with E-state index in [1.165, 1.54) is 18.4 Å². The molecule has 1 atom stereocenters. The second-order valence-electron chi connectivity index (χ2n) is 6.52. The van der Waals surface area contributed by atoms with Crippen LogP contribution in [-0.2, 0) is 0 Å². The topological polar surface area (TPSA) is 47.0 Å². The van der Waals surface area contributed by atoms with Crippen LogP contribution in [0.3, 0.4) is 0 Å². The number of hydrogen-bond acceptors (Lipinski definition) is 4. The summed E-state index contributed by atoms with van der Waals surface area (Å²) in [7, 11) is 0. The zero-order valence-electron chi connectivity index (χ0n) is 12.9. The van der Waals surface area contributed by atoms with Gasteiger partial charge in [-0.3, -0.25) is 0 Å². The molecular weight excluding hydrogens is 274 g/mol. The van der Waals surface area contributed by atoms with Gasteiger partial charge in [-0.1, -0.05) is 18.2 Å². The first kappa shape index (κ1) is 13.6. The molecule has 1 saturated carbocycles. The number of nitrogens with zero attached hydrogens (tertiary/aromatic N) is 2. The minimum absolute atomic E-state index is 0.00326. The van der Waals surface area contributed by atoms with E-state index in [9.17, 15) is 0 Å². The number of fused-ring (bicyclic) bond motifs is 1. The lowest BCUT2D eigenvalue weighted by atomic mass is 9.86. The van der Waals surface area contributed by atoms with Crippen molar-refractivity contribution in [2.45, 2.75) is 50.7 Å². The van der Waals surface area contributed by atoms with Crippen LogP contribution >= 0.6 is 0 Å². The first-order valence-corrected chi connectivity index (χ1v) is 8.07. The summed E-state index contributed by atoms with van der Waals surface area (Å²) in [6.07, 6.45) is 9.51. The van der Waals surface area contributed by atoms with E-state index in [0.29, 0.717) is 5.95 Å². The van der Waals surface area contributed by atoms with Gasteiger partial charge in [0.25, 0.3) is 0 Å². The lowest BCUT2D eigenvalue weighted by molar-refractivity contribution is 0.0452. The summed E-state index contributed by atoms with van der Waals surface area (Å²) >= 11 is 0. The van der Waals surface area contributed by atoms with Gasteiger partial charge >= 0.3 is 0 Å². The Kier molecular flexibility index (Phi) is 3.25. The maximum atomic E-state index is 6.39. The van der Waals surface area contributed by atoms with Gasteiger partial charge in [0, 0.05) is 24.4 Å². The average Bonchev–Trinajstić information content (AvgIpc) is 2.97. The SMILES string of the molecule is Cc1cnc(NC2CC3(CCCC3)Oc3ccccc32)nc1. The molecule has 1 unspecified atom stereocenters. The van der Waals surface area contributed by atoms with Gasteiger partial charge < -0.3 is 10.1 Å². The van der Waals surface area contributed by atoms with Crippen LogP contribution in [0.2, 0.25) is 0 Å². The number of nitrogens with one attached hydrogen (secondary N) is 1. The lowest BCUT2D eigenvalue weighted by Crippen LogP contribution is -2.40. The standard InChI is InChI=1S/C18H21N3O/c1-13-11-19-17(20-12-13)21-15-10-18(8-4-5-9-18)22-16-7-3-2-6-14(15)16/h2-3,6-7,11-12,15H,4-5,8-10H2,1H3,(H,19,20,21). The summed E-state index contributed by atoms with van der Waals surface area (Å²) < 4.78 is 6.39. The quantitative estimate of drug-likeness (QED) is 0.908. The van der Waals surface area contributed by atoms with E-state index in [1.807, 2.05) is 25.4 Å². The Morgan fingerprint density at radius 3 is 2.64 bits per heavy atom. The normalized spacial score (nSPS) is 22.1. The molecule has 114 valence electrons. The molecule has 2 aromatic rings. The Morgan fingerprint density at radius 2 is 1.86 bits per heavy atom. The summed E-state index contributed by atoms with van der Waals surface area (Å²) in [6, 6.07) is 8.55. The molecule has 2 heterocycles. The zero-order chi connectivity index (χ0) is 15.0. The summed E-state index contributed by atoms with van der Waals surface area (Å²) in [5.41, 5.74) is 2.28. The van der Waals surface area contributed by atoms with E-state index in [1.54, 1.807) is 0 Å². The Labute approximate surface area is 130 Å². The molecule has 4 rings (SSSR count). The Balaban J connectivity index is 1.66. The number of aromatic nitrogens is 2. The van der Waals surface area contributed by atoms with Gasteiger partial charge in [-0.2, -0.15) is 0 Å². The molecule has 22 heavy (non-hydrogen) atoms. The predicted octanol–water partition coefficient (Wildman–Crippen LogP) is 4.03. The number of anilines is 1. The maximum absolute atomic E-state index is 6.39. The largest absolute Gasteiger partial charge is 0.487 e. The molecule has 1 aliphatic carbocycles. The van der Waals surface area contributed by atoms with Crippen molar-refractivity contribution in [1.29, 1.82) is 0 Å². The number of benzene rings is 1. The van der Waals surface area contributed by atoms with Crippen LogP contribution in [0.15, 0.2) is 36.7 Å². The van der Waals surface area contributed by atoms with Gasteiger partial charge in [0.1, 0.15) is 11.4 Å². The number of hydrogen-bond donors (Lipinski definition) is 1. The molecule has 0 amide bonds. The molecule has 1 aliphatic heterocycles. The summed E-state index contributed by atoms with van der Waals surface area (Å²) in [5.74, 6) is 1.71. The van der Waals surface area contributed by atoms with E-state index in [-0.39, 0.29) is 11.6 Å². The second kappa shape index (κ2) is 5.27. The monoisotopic (exact) mass is 295 g/mol. The van der Waals surface area contributed by atoms with Crippen LogP contribution in [0, 0.1) is 6.92 Å². The minimum atomic E-state index is -0.00326. The highest BCUT2D eigenvalue weighted by molar-refractivity contribution is 5.43. The fourth-order valence-corrected chi connectivity index (χ4v) is 3.70. The van der Waals surface area contributed by atoms with Crippen molar-refractivity contribution in [3.63, 3.8) is 0 Å². The van der Waals surface area contributed by atoms with Gasteiger partial charge in [-0.25, -0.2) is 9.97 Å². The lowest BCUT2D eigenvalue weighted by Gasteiger charge is -2.40. The van der Waals surface area contributed by atoms with Crippen molar-refractivity contribution in [3.8, 4) is 5.75 Å². The molecule has 1 aromatic heterocycles. The average molecular weight is 295 g/mol. The number of rotatable bonds is 2. The fourth-order valence-electron chi connectivity index (χ4n) is 3.70. The second-order valence-corrected chi connectivity index (χ2v) is 6.52. The third-order valence-electron chi connectivity index (χ3n) is 4.80. The van der Waals surface area contributed by atoms with Crippen LogP contribution in [0.4, 0.5) is 5.95 Å². The van der Waals surface area contributed by atoms with Gasteiger partial charge in [-0.15, -0.1) is 0 Å². The van der Waals surface area contributed by atoms with Crippen molar-refractivity contribution in [3.05, 3.63) is 47.8 Å².